The third kappa shape index (κ3) is 2.23. The van der Waals surface area contributed by atoms with E-state index in [-0.39, 0.29) is 0 Å². The second-order valence-corrected chi connectivity index (χ2v) is 5.20. The van der Waals surface area contributed by atoms with E-state index in [2.05, 4.69) is 77.6 Å². The van der Waals surface area contributed by atoms with E-state index >= 15 is 0 Å². The molecule has 0 unspecified atom stereocenters. The minimum absolute atomic E-state index is 1.19. The Balaban J connectivity index is 1.81. The van der Waals surface area contributed by atoms with Crippen LogP contribution >= 0.6 is 0 Å². The number of aromatic nitrogens is 1. The highest BCUT2D eigenvalue weighted by Gasteiger charge is 2.01. The summed E-state index contributed by atoms with van der Waals surface area (Å²) in [6.45, 7) is 0. The largest absolute Gasteiger partial charge is 0.324 e. The van der Waals surface area contributed by atoms with Crippen LogP contribution in [-0.4, -0.2) is 4.57 Å². The van der Waals surface area contributed by atoms with Crippen LogP contribution in [0.25, 0.3) is 27.6 Å². The van der Waals surface area contributed by atoms with Gasteiger partial charge in [0.05, 0.1) is 0 Å². The number of fused-ring (bicyclic) bond motifs is 1. The number of rotatable bonds is 2. The Morgan fingerprint density at radius 1 is 0.524 bits per heavy atom. The maximum Gasteiger partial charge on any atom is 0.0455 e. The van der Waals surface area contributed by atoms with Gasteiger partial charge in [-0.1, -0.05) is 48.5 Å². The molecule has 0 bridgehead atoms. The molecule has 0 aliphatic heterocycles. The topological polar surface area (TPSA) is 4.93 Å². The van der Waals surface area contributed by atoms with E-state index in [1.165, 1.54) is 27.6 Å². The zero-order chi connectivity index (χ0) is 14.1. The van der Waals surface area contributed by atoms with Crippen LogP contribution < -0.4 is 0 Å². The van der Waals surface area contributed by atoms with Crippen LogP contribution in [0.4, 0.5) is 0 Å². The highest BCUT2D eigenvalue weighted by molar-refractivity contribution is 5.88. The zero-order valence-corrected chi connectivity index (χ0v) is 11.6. The maximum atomic E-state index is 2.25. The minimum Gasteiger partial charge on any atom is -0.324 e. The lowest BCUT2D eigenvalue weighted by Gasteiger charge is -2.07. The monoisotopic (exact) mass is 269 g/mol. The summed E-state index contributed by atoms with van der Waals surface area (Å²) < 4.78 is 2.13. The SMILES string of the molecule is c1ccc(-c2ccc3cc(-n4cccc4)ccc3c2)cc1. The first kappa shape index (κ1) is 12.0. The molecule has 0 atom stereocenters. The highest BCUT2D eigenvalue weighted by atomic mass is 14.9. The number of hydrogen-bond acceptors (Lipinski definition) is 0. The molecule has 0 radical (unpaired) electrons. The van der Waals surface area contributed by atoms with Gasteiger partial charge in [0.2, 0.25) is 0 Å². The lowest BCUT2D eigenvalue weighted by molar-refractivity contribution is 1.08. The molecule has 4 rings (SSSR count). The summed E-state index contributed by atoms with van der Waals surface area (Å²) in [5, 5.41) is 2.54. The van der Waals surface area contributed by atoms with E-state index in [0.29, 0.717) is 0 Å². The molecule has 0 amide bonds. The van der Waals surface area contributed by atoms with Crippen LogP contribution in [0, 0.1) is 0 Å². The molecule has 0 fully saturated rings. The van der Waals surface area contributed by atoms with Crippen molar-refractivity contribution >= 4 is 10.8 Å². The van der Waals surface area contributed by atoms with Gasteiger partial charge in [-0.3, -0.25) is 0 Å². The molecule has 0 saturated heterocycles. The van der Waals surface area contributed by atoms with Gasteiger partial charge in [0, 0.05) is 18.1 Å². The summed E-state index contributed by atoms with van der Waals surface area (Å²) in [5.74, 6) is 0. The molecule has 1 heterocycles. The lowest BCUT2D eigenvalue weighted by atomic mass is 10.0. The van der Waals surface area contributed by atoms with E-state index in [4.69, 9.17) is 0 Å². The molecule has 4 aromatic rings. The van der Waals surface area contributed by atoms with Gasteiger partial charge in [-0.2, -0.15) is 0 Å². The Kier molecular flexibility index (Phi) is 2.82. The Morgan fingerprint density at radius 3 is 2.05 bits per heavy atom. The van der Waals surface area contributed by atoms with Gasteiger partial charge >= 0.3 is 0 Å². The van der Waals surface area contributed by atoms with Crippen LogP contribution in [0.1, 0.15) is 0 Å². The fourth-order valence-corrected chi connectivity index (χ4v) is 2.71. The first-order valence-corrected chi connectivity index (χ1v) is 7.13. The van der Waals surface area contributed by atoms with Crippen molar-refractivity contribution in [1.29, 1.82) is 0 Å². The van der Waals surface area contributed by atoms with E-state index in [1.54, 1.807) is 0 Å². The summed E-state index contributed by atoms with van der Waals surface area (Å²) in [6.07, 6.45) is 4.14. The highest BCUT2D eigenvalue weighted by Crippen LogP contribution is 2.25. The molecule has 0 N–H and O–H groups in total. The molecule has 1 aromatic heterocycles. The van der Waals surface area contributed by atoms with Crippen molar-refractivity contribution in [1.82, 2.24) is 4.57 Å². The van der Waals surface area contributed by atoms with Crippen LogP contribution in [-0.2, 0) is 0 Å². The number of benzene rings is 3. The van der Waals surface area contributed by atoms with Crippen molar-refractivity contribution in [3.05, 3.63) is 91.3 Å². The molecule has 21 heavy (non-hydrogen) atoms. The third-order valence-electron chi connectivity index (χ3n) is 3.83. The zero-order valence-electron chi connectivity index (χ0n) is 11.6. The molecule has 0 aliphatic carbocycles. The van der Waals surface area contributed by atoms with Crippen molar-refractivity contribution in [3.63, 3.8) is 0 Å². The van der Waals surface area contributed by atoms with Gasteiger partial charge in [-0.15, -0.1) is 0 Å². The Morgan fingerprint density at radius 2 is 1.24 bits per heavy atom. The average Bonchev–Trinajstić information content (AvgIpc) is 3.09. The summed E-state index contributed by atoms with van der Waals surface area (Å²) in [5.41, 5.74) is 3.71. The van der Waals surface area contributed by atoms with Crippen molar-refractivity contribution < 1.29 is 0 Å². The lowest BCUT2D eigenvalue weighted by Crippen LogP contribution is -1.89. The van der Waals surface area contributed by atoms with Gasteiger partial charge in [0.1, 0.15) is 0 Å². The first-order valence-electron chi connectivity index (χ1n) is 7.13. The van der Waals surface area contributed by atoms with Crippen molar-refractivity contribution in [2.45, 2.75) is 0 Å². The second-order valence-electron chi connectivity index (χ2n) is 5.20. The Hall–Kier alpha value is -2.80. The minimum atomic E-state index is 1.19. The first-order chi connectivity index (χ1) is 10.4. The predicted octanol–water partition coefficient (Wildman–Crippen LogP) is 5.30. The molecule has 0 saturated carbocycles. The summed E-state index contributed by atoms with van der Waals surface area (Å²) in [6, 6.07) is 27.8. The standard InChI is InChI=1S/C20H15N/c1-2-6-16(7-3-1)17-8-9-19-15-20(11-10-18(19)14-17)21-12-4-5-13-21/h1-15H. The third-order valence-corrected chi connectivity index (χ3v) is 3.83. The van der Waals surface area contributed by atoms with Gasteiger partial charge < -0.3 is 4.57 Å². The molecule has 0 spiro atoms. The molecule has 1 heteroatoms. The fourth-order valence-electron chi connectivity index (χ4n) is 2.71. The molecule has 1 nitrogen and oxygen atoms in total. The van der Waals surface area contributed by atoms with E-state index in [1.807, 2.05) is 18.2 Å². The van der Waals surface area contributed by atoms with Crippen LogP contribution in [0.15, 0.2) is 91.3 Å². The van der Waals surface area contributed by atoms with Crippen molar-refractivity contribution in [3.8, 4) is 16.8 Å². The average molecular weight is 269 g/mol. The Bertz CT molecular complexity index is 874. The van der Waals surface area contributed by atoms with Gasteiger partial charge in [-0.25, -0.2) is 0 Å². The number of nitrogens with zero attached hydrogens (tertiary/aromatic N) is 1. The summed E-state index contributed by atoms with van der Waals surface area (Å²) in [4.78, 5) is 0. The fraction of sp³-hybridized carbons (Fsp3) is 0. The van der Waals surface area contributed by atoms with Gasteiger partial charge in [0.25, 0.3) is 0 Å². The van der Waals surface area contributed by atoms with Crippen LogP contribution in [0.3, 0.4) is 0 Å². The van der Waals surface area contributed by atoms with Crippen molar-refractivity contribution in [2.75, 3.05) is 0 Å². The predicted molar refractivity (Wildman–Crippen MR) is 88.7 cm³/mol. The quantitative estimate of drug-likeness (QED) is 0.465. The van der Waals surface area contributed by atoms with Gasteiger partial charge in [0.15, 0.2) is 0 Å². The number of hydrogen-bond donors (Lipinski definition) is 0. The van der Waals surface area contributed by atoms with Crippen LogP contribution in [0.5, 0.6) is 0 Å². The van der Waals surface area contributed by atoms with Crippen molar-refractivity contribution in [2.24, 2.45) is 0 Å². The maximum absolute atomic E-state index is 2.25. The molecular weight excluding hydrogens is 254 g/mol. The molecular formula is C20H15N. The van der Waals surface area contributed by atoms with E-state index < -0.39 is 0 Å². The molecule has 0 aliphatic rings. The normalized spacial score (nSPS) is 10.9. The van der Waals surface area contributed by atoms with E-state index in [9.17, 15) is 0 Å². The van der Waals surface area contributed by atoms with Gasteiger partial charge in [-0.05, 0) is 52.2 Å². The Labute approximate surface area is 124 Å². The van der Waals surface area contributed by atoms with E-state index in [0.717, 1.165) is 0 Å². The molecule has 100 valence electrons. The summed E-state index contributed by atoms with van der Waals surface area (Å²) >= 11 is 0. The molecule has 3 aromatic carbocycles. The van der Waals surface area contributed by atoms with Crippen LogP contribution in [0.2, 0.25) is 0 Å². The summed E-state index contributed by atoms with van der Waals surface area (Å²) in [7, 11) is 0. The second kappa shape index (κ2) is 4.95. The smallest absolute Gasteiger partial charge is 0.0455 e.